The first-order chi connectivity index (χ1) is 13.8. The Morgan fingerprint density at radius 1 is 1.31 bits per heavy atom. The van der Waals surface area contributed by atoms with E-state index in [9.17, 15) is 14.7 Å². The number of rotatable bonds is 6. The molecule has 2 aromatic carbocycles. The van der Waals surface area contributed by atoms with Gasteiger partial charge in [0.15, 0.2) is 0 Å². The molecule has 1 aliphatic heterocycles. The van der Waals surface area contributed by atoms with Crippen LogP contribution in [-0.4, -0.2) is 47.8 Å². The van der Waals surface area contributed by atoms with Crippen molar-refractivity contribution in [3.8, 4) is 0 Å². The summed E-state index contributed by atoms with van der Waals surface area (Å²) in [6.45, 7) is 1.54. The summed E-state index contributed by atoms with van der Waals surface area (Å²) in [5.74, 6) is -1.69. The van der Waals surface area contributed by atoms with Crippen molar-refractivity contribution in [1.82, 2.24) is 10.2 Å². The van der Waals surface area contributed by atoms with Gasteiger partial charge in [0.2, 0.25) is 0 Å². The lowest BCUT2D eigenvalue weighted by atomic mass is 9.96. The molecule has 0 bridgehead atoms. The average molecular weight is 453 g/mol. The van der Waals surface area contributed by atoms with Gasteiger partial charge >= 0.3 is 5.97 Å². The number of likely N-dealkylation sites (N-methyl/N-ethyl adjacent to an activating group) is 1. The molecule has 3 rings (SSSR count). The predicted molar refractivity (Wildman–Crippen MR) is 117 cm³/mol. The van der Waals surface area contributed by atoms with Gasteiger partial charge in [0.05, 0.1) is 15.6 Å². The number of carbonyl (C=O) groups excluding carboxylic acids is 1. The van der Waals surface area contributed by atoms with Crippen LogP contribution in [0.2, 0.25) is 10.0 Å². The minimum Gasteiger partial charge on any atom is -0.480 e. The van der Waals surface area contributed by atoms with Gasteiger partial charge in [-0.1, -0.05) is 35.3 Å². The summed E-state index contributed by atoms with van der Waals surface area (Å²) < 4.78 is 0. The van der Waals surface area contributed by atoms with Gasteiger partial charge in [-0.25, -0.2) is 4.79 Å². The molecule has 1 amide bonds. The standard InChI is InChI=1S/C21H22Cl2N2O3S/c1-25-7-6-15-13(11-25)10-16(22)18(19(15)23)20(26)24-17(21(27)28)9-12-4-3-5-14(8-12)29-2/h3-5,8,10,17H,6-7,9,11H2,1-2H3,(H,24,26)(H,27,28)/t17-/m0/s1. The van der Waals surface area contributed by atoms with Crippen LogP contribution in [0.25, 0.3) is 0 Å². The Kier molecular flexibility index (Phi) is 7.11. The Hall–Kier alpha value is -1.73. The topological polar surface area (TPSA) is 69.6 Å². The van der Waals surface area contributed by atoms with Crippen molar-refractivity contribution in [3.05, 3.63) is 62.6 Å². The normalized spacial score (nSPS) is 14.9. The summed E-state index contributed by atoms with van der Waals surface area (Å²) in [5.41, 5.74) is 2.86. The third-order valence-electron chi connectivity index (χ3n) is 5.00. The largest absolute Gasteiger partial charge is 0.480 e. The highest BCUT2D eigenvalue weighted by molar-refractivity contribution is 7.98. The molecule has 0 aromatic heterocycles. The van der Waals surface area contributed by atoms with Crippen molar-refractivity contribution in [1.29, 1.82) is 0 Å². The number of carboxylic acids is 1. The predicted octanol–water partition coefficient (Wildman–Crippen LogP) is 4.13. The molecule has 0 fully saturated rings. The fourth-order valence-corrected chi connectivity index (χ4v) is 4.71. The Bertz CT molecular complexity index is 952. The van der Waals surface area contributed by atoms with E-state index >= 15 is 0 Å². The van der Waals surface area contributed by atoms with Gasteiger partial charge in [0.1, 0.15) is 6.04 Å². The molecule has 0 radical (unpaired) electrons. The summed E-state index contributed by atoms with van der Waals surface area (Å²) >= 11 is 14.5. The number of amides is 1. The summed E-state index contributed by atoms with van der Waals surface area (Å²) in [4.78, 5) is 27.9. The van der Waals surface area contributed by atoms with Gasteiger partial charge in [-0.05, 0) is 54.6 Å². The van der Waals surface area contributed by atoms with E-state index in [-0.39, 0.29) is 17.0 Å². The molecule has 5 nitrogen and oxygen atoms in total. The van der Waals surface area contributed by atoms with Crippen molar-refractivity contribution < 1.29 is 14.7 Å². The van der Waals surface area contributed by atoms with E-state index < -0.39 is 17.9 Å². The number of nitrogens with zero attached hydrogens (tertiary/aromatic N) is 1. The number of nitrogens with one attached hydrogen (secondary N) is 1. The van der Waals surface area contributed by atoms with Crippen LogP contribution in [0.3, 0.4) is 0 Å². The SMILES string of the molecule is CSc1cccc(C[C@H](NC(=O)c2c(Cl)cc3c(c2Cl)CCN(C)C3)C(=O)O)c1. The Morgan fingerprint density at radius 2 is 2.07 bits per heavy atom. The first-order valence-corrected chi connectivity index (χ1v) is 11.1. The quantitative estimate of drug-likeness (QED) is 0.644. The highest BCUT2D eigenvalue weighted by atomic mass is 35.5. The molecule has 29 heavy (non-hydrogen) atoms. The molecule has 154 valence electrons. The molecule has 0 aliphatic carbocycles. The van der Waals surface area contributed by atoms with Crippen LogP contribution >= 0.6 is 35.0 Å². The van der Waals surface area contributed by atoms with Crippen molar-refractivity contribution in [2.24, 2.45) is 0 Å². The zero-order valence-corrected chi connectivity index (χ0v) is 18.5. The minimum absolute atomic E-state index is 0.140. The van der Waals surface area contributed by atoms with Crippen LogP contribution in [0.1, 0.15) is 27.0 Å². The zero-order valence-electron chi connectivity index (χ0n) is 16.2. The van der Waals surface area contributed by atoms with E-state index in [0.29, 0.717) is 18.0 Å². The lowest BCUT2D eigenvalue weighted by molar-refractivity contribution is -0.139. The number of benzene rings is 2. The second-order valence-electron chi connectivity index (χ2n) is 7.09. The number of carbonyl (C=O) groups is 2. The molecular formula is C21H22Cl2N2O3S. The van der Waals surface area contributed by atoms with E-state index in [0.717, 1.165) is 28.1 Å². The summed E-state index contributed by atoms with van der Waals surface area (Å²) in [5, 5.41) is 12.8. The lowest BCUT2D eigenvalue weighted by Crippen LogP contribution is -2.42. The van der Waals surface area contributed by atoms with E-state index in [1.54, 1.807) is 17.8 Å². The van der Waals surface area contributed by atoms with E-state index in [1.807, 2.05) is 37.6 Å². The number of hydrogen-bond acceptors (Lipinski definition) is 4. The van der Waals surface area contributed by atoms with Gasteiger partial charge in [-0.15, -0.1) is 11.8 Å². The molecule has 2 aromatic rings. The molecule has 2 N–H and O–H groups in total. The lowest BCUT2D eigenvalue weighted by Gasteiger charge is -2.27. The maximum absolute atomic E-state index is 12.9. The third kappa shape index (κ3) is 5.07. The molecule has 0 spiro atoms. The van der Waals surface area contributed by atoms with Crippen LogP contribution < -0.4 is 5.32 Å². The number of hydrogen-bond donors (Lipinski definition) is 2. The smallest absolute Gasteiger partial charge is 0.326 e. The summed E-state index contributed by atoms with van der Waals surface area (Å²) in [6.07, 6.45) is 2.83. The number of fused-ring (bicyclic) bond motifs is 1. The summed E-state index contributed by atoms with van der Waals surface area (Å²) in [6, 6.07) is 8.25. The highest BCUT2D eigenvalue weighted by Gasteiger charge is 2.27. The van der Waals surface area contributed by atoms with Crippen LogP contribution in [0.5, 0.6) is 0 Å². The maximum atomic E-state index is 12.9. The fraction of sp³-hybridized carbons (Fsp3) is 0.333. The molecule has 0 unspecified atom stereocenters. The van der Waals surface area contributed by atoms with E-state index in [1.165, 1.54) is 0 Å². The molecule has 1 atom stereocenters. The molecule has 0 saturated carbocycles. The zero-order chi connectivity index (χ0) is 21.1. The van der Waals surface area contributed by atoms with E-state index in [2.05, 4.69) is 10.2 Å². The van der Waals surface area contributed by atoms with Crippen molar-refractivity contribution in [2.45, 2.75) is 30.3 Å². The van der Waals surface area contributed by atoms with Gasteiger partial charge in [0.25, 0.3) is 5.91 Å². The second-order valence-corrected chi connectivity index (χ2v) is 8.76. The third-order valence-corrected chi connectivity index (χ3v) is 6.44. The molecule has 8 heteroatoms. The number of thioether (sulfide) groups is 1. The fourth-order valence-electron chi connectivity index (χ4n) is 3.47. The number of carboxylic acid groups (broad SMARTS) is 1. The first-order valence-electron chi connectivity index (χ1n) is 9.15. The molecule has 1 heterocycles. The average Bonchev–Trinajstić information content (AvgIpc) is 2.67. The van der Waals surface area contributed by atoms with Crippen LogP contribution in [0.15, 0.2) is 35.2 Å². The molecule has 1 aliphatic rings. The summed E-state index contributed by atoms with van der Waals surface area (Å²) in [7, 11) is 2.01. The molecular weight excluding hydrogens is 431 g/mol. The minimum atomic E-state index is -1.11. The molecule has 0 saturated heterocycles. The number of aliphatic carboxylic acids is 1. The Morgan fingerprint density at radius 3 is 2.76 bits per heavy atom. The highest BCUT2D eigenvalue weighted by Crippen LogP contribution is 2.34. The first kappa shape index (κ1) is 22.0. The van der Waals surface area contributed by atoms with Crippen molar-refractivity contribution in [3.63, 3.8) is 0 Å². The van der Waals surface area contributed by atoms with Gasteiger partial charge < -0.3 is 15.3 Å². The Labute approximate surface area is 184 Å². The van der Waals surface area contributed by atoms with Crippen molar-refractivity contribution in [2.75, 3.05) is 19.8 Å². The van der Waals surface area contributed by atoms with Gasteiger partial charge in [-0.3, -0.25) is 4.79 Å². The van der Waals surface area contributed by atoms with Gasteiger partial charge in [0, 0.05) is 24.4 Å². The monoisotopic (exact) mass is 452 g/mol. The van der Waals surface area contributed by atoms with Gasteiger partial charge in [-0.2, -0.15) is 0 Å². The van der Waals surface area contributed by atoms with Crippen LogP contribution in [-0.2, 0) is 24.2 Å². The maximum Gasteiger partial charge on any atom is 0.326 e. The van der Waals surface area contributed by atoms with Crippen LogP contribution in [0.4, 0.5) is 0 Å². The van der Waals surface area contributed by atoms with E-state index in [4.69, 9.17) is 23.2 Å². The second kappa shape index (κ2) is 9.39. The van der Waals surface area contributed by atoms with Crippen LogP contribution in [0, 0.1) is 0 Å². The van der Waals surface area contributed by atoms with Crippen molar-refractivity contribution >= 4 is 46.8 Å². The Balaban J connectivity index is 1.84. The number of halogens is 2.